The van der Waals surface area contributed by atoms with Crippen LogP contribution >= 0.6 is 48.0 Å². The summed E-state index contributed by atoms with van der Waals surface area (Å²) in [4.78, 5) is 0. The fourth-order valence-electron chi connectivity index (χ4n) is 4.93. The summed E-state index contributed by atoms with van der Waals surface area (Å²) in [5.74, 6) is 0.573. The fraction of sp³-hybridized carbons (Fsp3) is 0.356. The number of fused-ring (bicyclic) bond motifs is 3. The van der Waals surface area contributed by atoms with Gasteiger partial charge in [-0.05, 0) is 17.4 Å². The topological polar surface area (TPSA) is 0 Å². The van der Waals surface area contributed by atoms with Crippen molar-refractivity contribution in [3.8, 4) is 11.1 Å². The van der Waals surface area contributed by atoms with E-state index < -0.39 is 0 Å². The Hall–Kier alpha value is -1.73. The molecule has 1 atom stereocenters. The summed E-state index contributed by atoms with van der Waals surface area (Å²) in [5, 5.41) is 1.53. The Kier molecular flexibility index (Phi) is 21.6. The van der Waals surface area contributed by atoms with Crippen LogP contribution in [0.4, 0.5) is 0 Å². The summed E-state index contributed by atoms with van der Waals surface area (Å²) in [6.45, 7) is 22.6. The molecular weight excluding hydrogens is 774 g/mol. The van der Waals surface area contributed by atoms with E-state index >= 15 is 0 Å². The summed E-state index contributed by atoms with van der Waals surface area (Å²) in [7, 11) is 0. The fourth-order valence-corrected chi connectivity index (χ4v) is 5.18. The van der Waals surface area contributed by atoms with Gasteiger partial charge in [0.05, 0.1) is 0 Å². The van der Waals surface area contributed by atoms with Crippen molar-refractivity contribution in [2.75, 3.05) is 0 Å². The Morgan fingerprint density at radius 1 is 0.700 bits per heavy atom. The average Bonchev–Trinajstić information content (AvgIpc) is 3.68. The number of hydrogen-bond acceptors (Lipinski definition) is 0. The van der Waals surface area contributed by atoms with Crippen molar-refractivity contribution in [2.45, 2.75) is 92.9 Å². The molecule has 0 nitrogen and oxygen atoms in total. The molecule has 0 amide bonds. The predicted molar refractivity (Wildman–Crippen MR) is 222 cm³/mol. The van der Waals surface area contributed by atoms with Crippen LogP contribution in [-0.2, 0) is 41.5 Å². The van der Waals surface area contributed by atoms with Crippen LogP contribution in [0.2, 0.25) is 10.0 Å². The van der Waals surface area contributed by atoms with Crippen LogP contribution in [0, 0.1) is 35.6 Å². The molecule has 5 heteroatoms. The quantitative estimate of drug-likeness (QED) is 0.148. The molecule has 0 N–H and O–H groups in total. The van der Waals surface area contributed by atoms with Crippen LogP contribution in [0.25, 0.3) is 11.1 Å². The average molecular weight is 828 g/mol. The van der Waals surface area contributed by atoms with Gasteiger partial charge in [0, 0.05) is 0 Å². The van der Waals surface area contributed by atoms with Gasteiger partial charge >= 0.3 is 28.4 Å². The summed E-state index contributed by atoms with van der Waals surface area (Å²) in [6.07, 6.45) is 10.0. The van der Waals surface area contributed by atoms with Gasteiger partial charge in [0.1, 0.15) is 0 Å². The number of hydrogen-bond donors (Lipinski definition) is 0. The van der Waals surface area contributed by atoms with Crippen molar-refractivity contribution in [1.29, 1.82) is 0 Å². The summed E-state index contributed by atoms with van der Waals surface area (Å²) in [5.41, 5.74) is 10.5. The predicted octanol–water partition coefficient (Wildman–Crippen LogP) is 14.1. The molecule has 4 aromatic rings. The third kappa shape index (κ3) is 15.9. The van der Waals surface area contributed by atoms with Crippen LogP contribution in [0.5, 0.6) is 0 Å². The van der Waals surface area contributed by atoms with E-state index in [1.54, 1.807) is 48.5 Å². The van der Waals surface area contributed by atoms with E-state index in [9.17, 15) is 0 Å². The summed E-state index contributed by atoms with van der Waals surface area (Å²) >= 11 is 12.3. The molecule has 0 radical (unpaired) electrons. The van der Waals surface area contributed by atoms with Gasteiger partial charge in [-0.1, -0.05) is 132 Å². The Balaban J connectivity index is 0.000000697. The Labute approximate surface area is 342 Å². The monoisotopic (exact) mass is 824 g/mol. The zero-order valence-corrected chi connectivity index (χ0v) is 37.0. The molecule has 270 valence electrons. The SMILES string of the molecule is CC(C)(C)c1c[c-]c2c(c1)-c1cc(C(C)(C)C)ccc1C2.CCC1[C-]=CC(C(C)(C)C)=C1.Cl.Cl.Clc1cc[c-]cc1.Clc1cc[c-]cc1.[CH2]=[Zr]. The van der Waals surface area contributed by atoms with Crippen molar-refractivity contribution >= 4 is 52.2 Å². The molecule has 0 aromatic heterocycles. The zero-order valence-electron chi connectivity index (χ0n) is 31.4. The minimum absolute atomic E-state index is 0. The van der Waals surface area contributed by atoms with Crippen LogP contribution in [0.1, 0.15) is 97.9 Å². The van der Waals surface area contributed by atoms with E-state index in [0.29, 0.717) is 11.3 Å². The third-order valence-corrected chi connectivity index (χ3v) is 8.52. The molecular formula is C45H54Cl4Zr-4. The molecule has 1 unspecified atom stereocenters. The molecule has 0 saturated heterocycles. The third-order valence-electron chi connectivity index (χ3n) is 8.02. The molecule has 0 heterocycles. The van der Waals surface area contributed by atoms with E-state index in [-0.39, 0.29) is 35.6 Å². The Bertz CT molecular complexity index is 1520. The first-order valence-corrected chi connectivity index (χ1v) is 19.1. The maximum absolute atomic E-state index is 5.52. The first kappa shape index (κ1) is 48.3. The molecule has 6 rings (SSSR count). The van der Waals surface area contributed by atoms with Gasteiger partial charge < -0.3 is 0 Å². The second-order valence-corrected chi connectivity index (χ2v) is 15.8. The zero-order chi connectivity index (χ0) is 36.1. The summed E-state index contributed by atoms with van der Waals surface area (Å²) < 4.78 is 3.34. The first-order valence-electron chi connectivity index (χ1n) is 16.6. The maximum atomic E-state index is 5.52. The standard InChI is InChI=1S/C21H25.C11H17.2C6H4Cl.CH2.2ClH.Zr/c1-20(2,3)16-9-7-14-11-15-8-10-17(21(4,5)6)13-19(15)18(14)12-16;1-5-9-6-7-10(8-9)11(2,3)4;2*7-6-4-2-1-3-5-6;;;;/h7,9-10,12-13H,11H2,1-6H3;7-9H,5H2,1-4H3;2*2-5H;1H2;2*1H;/q4*-1;;;;. The second kappa shape index (κ2) is 22.4. The molecule has 2 aliphatic rings. The number of allylic oxidation sites excluding steroid dienone is 4. The normalized spacial score (nSPS) is 13.7. The van der Waals surface area contributed by atoms with E-state index in [1.807, 2.05) is 0 Å². The van der Waals surface area contributed by atoms with Gasteiger partial charge in [-0.25, -0.2) is 6.08 Å². The molecule has 50 heavy (non-hydrogen) atoms. The molecule has 0 spiro atoms. The van der Waals surface area contributed by atoms with Crippen LogP contribution < -0.4 is 0 Å². The number of benzene rings is 4. The van der Waals surface area contributed by atoms with Crippen LogP contribution in [0.15, 0.2) is 96.6 Å². The first-order chi connectivity index (χ1) is 22.5. The van der Waals surface area contributed by atoms with Gasteiger partial charge in [0.15, 0.2) is 0 Å². The number of rotatable bonds is 1. The second-order valence-electron chi connectivity index (χ2n) is 15.0. The Morgan fingerprint density at radius 3 is 1.54 bits per heavy atom. The van der Waals surface area contributed by atoms with Crippen LogP contribution in [-0.4, -0.2) is 4.21 Å². The van der Waals surface area contributed by atoms with Gasteiger partial charge in [-0.3, -0.25) is 6.08 Å². The van der Waals surface area contributed by atoms with Crippen molar-refractivity contribution in [2.24, 2.45) is 11.3 Å². The van der Waals surface area contributed by atoms with Crippen molar-refractivity contribution in [3.05, 3.63) is 153 Å². The molecule has 0 saturated carbocycles. The van der Waals surface area contributed by atoms with Gasteiger partial charge in [0.25, 0.3) is 0 Å². The van der Waals surface area contributed by atoms with Gasteiger partial charge in [-0.2, -0.15) is 102 Å². The summed E-state index contributed by atoms with van der Waals surface area (Å²) in [6, 6.07) is 35.1. The van der Waals surface area contributed by atoms with E-state index in [2.05, 4.69) is 140 Å². The van der Waals surface area contributed by atoms with Crippen molar-refractivity contribution < 1.29 is 24.2 Å². The Morgan fingerprint density at radius 2 is 1.18 bits per heavy atom. The van der Waals surface area contributed by atoms with Crippen molar-refractivity contribution in [1.82, 2.24) is 0 Å². The van der Waals surface area contributed by atoms with E-state index in [1.165, 1.54) is 69.6 Å². The number of halogens is 4. The van der Waals surface area contributed by atoms with E-state index in [4.69, 9.17) is 23.2 Å². The van der Waals surface area contributed by atoms with Gasteiger partial charge in [-0.15, -0.1) is 53.6 Å². The molecule has 0 bridgehead atoms. The van der Waals surface area contributed by atoms with Crippen molar-refractivity contribution in [3.63, 3.8) is 0 Å². The molecule has 4 aromatic carbocycles. The van der Waals surface area contributed by atoms with E-state index in [0.717, 1.165) is 16.5 Å². The molecule has 2 aliphatic carbocycles. The van der Waals surface area contributed by atoms with Crippen LogP contribution in [0.3, 0.4) is 0 Å². The minimum atomic E-state index is 0. The molecule has 0 aliphatic heterocycles. The molecule has 0 fully saturated rings. The van der Waals surface area contributed by atoms with Gasteiger partial charge in [0.2, 0.25) is 0 Å².